The van der Waals surface area contributed by atoms with E-state index in [1.54, 1.807) is 12.1 Å². The molecule has 32 heavy (non-hydrogen) atoms. The van der Waals surface area contributed by atoms with E-state index < -0.39 is 11.9 Å². The lowest BCUT2D eigenvalue weighted by atomic mass is 9.98. The summed E-state index contributed by atoms with van der Waals surface area (Å²) in [6.07, 6.45) is 0.373. The summed E-state index contributed by atoms with van der Waals surface area (Å²) in [5.41, 5.74) is 9.99. The lowest BCUT2D eigenvalue weighted by Gasteiger charge is -2.15. The van der Waals surface area contributed by atoms with Crippen LogP contribution in [0.3, 0.4) is 0 Å². The number of imidazole rings is 1. The first-order chi connectivity index (χ1) is 15.1. The average Bonchev–Trinajstić information content (AvgIpc) is 3.10. The van der Waals surface area contributed by atoms with Crippen LogP contribution < -0.4 is 16.4 Å². The van der Waals surface area contributed by atoms with Crippen molar-refractivity contribution in [1.82, 2.24) is 9.97 Å². The second-order valence-corrected chi connectivity index (χ2v) is 7.90. The molecule has 0 unspecified atom stereocenters. The van der Waals surface area contributed by atoms with E-state index in [1.807, 2.05) is 12.1 Å². The molecule has 0 aliphatic heterocycles. The second-order valence-electron chi connectivity index (χ2n) is 7.90. The number of aromatic nitrogens is 2. The maximum atomic E-state index is 11.9. The van der Waals surface area contributed by atoms with Crippen molar-refractivity contribution >= 4 is 23.4 Å². The van der Waals surface area contributed by atoms with Crippen molar-refractivity contribution in [1.29, 1.82) is 0 Å². The average molecular weight is 434 g/mol. The van der Waals surface area contributed by atoms with Crippen LogP contribution in [0.1, 0.15) is 63.1 Å². The number of hydrogen-bond acceptors (Lipinski definition) is 5. The molecule has 1 aromatic heterocycles. The molecule has 6 N–H and O–H groups in total. The summed E-state index contributed by atoms with van der Waals surface area (Å²) in [6.45, 7) is 10.3. The van der Waals surface area contributed by atoms with Gasteiger partial charge in [0.25, 0.3) is 5.91 Å². The Kier molecular flexibility index (Phi) is 6.63. The Hall–Kier alpha value is -4.07. The highest BCUT2D eigenvalue weighted by molar-refractivity contribution is 5.96. The molecule has 0 spiro atoms. The third-order valence-corrected chi connectivity index (χ3v) is 5.03. The molecule has 0 aliphatic carbocycles. The maximum Gasteiger partial charge on any atom is 0.335 e. The van der Waals surface area contributed by atoms with Crippen LogP contribution in [-0.2, 0) is 6.42 Å². The highest BCUT2D eigenvalue weighted by Gasteiger charge is 2.16. The van der Waals surface area contributed by atoms with Gasteiger partial charge in [0, 0.05) is 12.1 Å². The Morgan fingerprint density at radius 3 is 2.41 bits per heavy atom. The molecule has 0 aliphatic rings. The number of carbonyl (C=O) groups is 2. The maximum absolute atomic E-state index is 11.9. The molecule has 0 atom stereocenters. The van der Waals surface area contributed by atoms with Gasteiger partial charge in [0.1, 0.15) is 17.3 Å². The van der Waals surface area contributed by atoms with E-state index in [0.717, 1.165) is 11.3 Å². The molecule has 166 valence electrons. The van der Waals surface area contributed by atoms with Gasteiger partial charge >= 0.3 is 5.97 Å². The predicted molar refractivity (Wildman–Crippen MR) is 125 cm³/mol. The molecular weight excluding hydrogens is 406 g/mol. The van der Waals surface area contributed by atoms with Gasteiger partial charge in [0.15, 0.2) is 5.82 Å². The first kappa shape index (κ1) is 22.6. The van der Waals surface area contributed by atoms with Crippen molar-refractivity contribution in [3.8, 4) is 0 Å². The summed E-state index contributed by atoms with van der Waals surface area (Å²) >= 11 is 0. The molecule has 0 bridgehead atoms. The van der Waals surface area contributed by atoms with Gasteiger partial charge in [-0.2, -0.15) is 0 Å². The second kappa shape index (κ2) is 9.38. The summed E-state index contributed by atoms with van der Waals surface area (Å²) < 4.78 is 0. The number of nitrogens with one attached hydrogen (secondary N) is 3. The number of amides is 1. The van der Waals surface area contributed by atoms with E-state index in [2.05, 4.69) is 54.0 Å². The molecular formula is C24H27N5O3. The summed E-state index contributed by atoms with van der Waals surface area (Å²) in [5.74, 6) is 0.00542. The highest BCUT2D eigenvalue weighted by atomic mass is 16.4. The normalized spacial score (nSPS) is 10.8. The first-order valence-electron chi connectivity index (χ1n) is 10.2. The van der Waals surface area contributed by atoms with Crippen LogP contribution in [-0.4, -0.2) is 27.0 Å². The summed E-state index contributed by atoms with van der Waals surface area (Å²) in [4.78, 5) is 30.3. The number of nitrogens with two attached hydrogens (primary N) is 1. The van der Waals surface area contributed by atoms with Crippen LogP contribution in [0, 0.1) is 6.92 Å². The largest absolute Gasteiger partial charge is 0.478 e. The molecule has 0 fully saturated rings. The third-order valence-electron chi connectivity index (χ3n) is 5.03. The number of benzene rings is 2. The molecule has 8 heteroatoms. The minimum absolute atomic E-state index is 0.136. The fourth-order valence-corrected chi connectivity index (χ4v) is 3.48. The standard InChI is InChI=1S/C24H27N5O3/c1-13(2)19-10-9-18(11-14(19)3)26-15(4)27-23-21(22(25)30)28-20(29-23)12-16-5-7-17(8-6-16)24(31)32/h5-11,13,26-27H,4,12H2,1-3H3,(H2,25,30)(H,28,29)(H,31,32). The number of rotatable bonds is 9. The van der Waals surface area contributed by atoms with Crippen molar-refractivity contribution < 1.29 is 14.7 Å². The number of aromatic carboxylic acids is 1. The smallest absolute Gasteiger partial charge is 0.335 e. The quantitative estimate of drug-likeness (QED) is 0.343. The number of H-pyrrole nitrogens is 1. The number of carboxylic acids is 1. The van der Waals surface area contributed by atoms with Gasteiger partial charge in [-0.15, -0.1) is 0 Å². The van der Waals surface area contributed by atoms with Crippen molar-refractivity contribution in [2.75, 3.05) is 10.6 Å². The van der Waals surface area contributed by atoms with Gasteiger partial charge in [0.2, 0.25) is 0 Å². The number of anilines is 2. The lowest BCUT2D eigenvalue weighted by molar-refractivity contribution is 0.0696. The van der Waals surface area contributed by atoms with E-state index in [9.17, 15) is 9.59 Å². The zero-order chi connectivity index (χ0) is 23.4. The zero-order valence-corrected chi connectivity index (χ0v) is 18.3. The molecule has 3 aromatic rings. The molecule has 3 rings (SSSR count). The summed E-state index contributed by atoms with van der Waals surface area (Å²) in [6, 6.07) is 12.5. The van der Waals surface area contributed by atoms with E-state index in [-0.39, 0.29) is 17.1 Å². The number of hydrogen-bond donors (Lipinski definition) is 5. The van der Waals surface area contributed by atoms with Gasteiger partial charge in [-0.3, -0.25) is 4.79 Å². The number of carbonyl (C=O) groups excluding carboxylic acids is 1. The molecule has 0 radical (unpaired) electrons. The van der Waals surface area contributed by atoms with Crippen LogP contribution in [0.5, 0.6) is 0 Å². The van der Waals surface area contributed by atoms with E-state index >= 15 is 0 Å². The van der Waals surface area contributed by atoms with Crippen molar-refractivity contribution in [2.24, 2.45) is 5.73 Å². The monoisotopic (exact) mass is 433 g/mol. The van der Waals surface area contributed by atoms with Gasteiger partial charge < -0.3 is 26.5 Å². The van der Waals surface area contributed by atoms with Crippen LogP contribution in [0.25, 0.3) is 0 Å². The molecule has 1 amide bonds. The molecule has 8 nitrogen and oxygen atoms in total. The number of carboxylic acid groups (broad SMARTS) is 1. The Balaban J connectivity index is 1.73. The summed E-state index contributed by atoms with van der Waals surface area (Å²) in [7, 11) is 0. The SMILES string of the molecule is C=C(Nc1ccc(C(C)C)c(C)c1)Nc1nc(Cc2ccc(C(=O)O)cc2)[nH]c1C(N)=O. The van der Waals surface area contributed by atoms with Crippen molar-refractivity contribution in [3.63, 3.8) is 0 Å². The Morgan fingerprint density at radius 1 is 1.16 bits per heavy atom. The minimum atomic E-state index is -0.989. The minimum Gasteiger partial charge on any atom is -0.478 e. The predicted octanol–water partition coefficient (Wildman–Crippen LogP) is 4.22. The summed E-state index contributed by atoms with van der Waals surface area (Å²) in [5, 5.41) is 15.2. The third kappa shape index (κ3) is 5.34. The Labute approximate surface area is 186 Å². The fraction of sp³-hybridized carbons (Fsp3) is 0.208. The van der Waals surface area contributed by atoms with Crippen LogP contribution in [0.15, 0.2) is 54.9 Å². The first-order valence-corrected chi connectivity index (χ1v) is 10.2. The Bertz CT molecular complexity index is 1160. The number of primary amides is 1. The molecule has 0 saturated carbocycles. The Morgan fingerprint density at radius 2 is 1.84 bits per heavy atom. The van der Waals surface area contributed by atoms with Crippen LogP contribution in [0.4, 0.5) is 11.5 Å². The molecule has 0 saturated heterocycles. The van der Waals surface area contributed by atoms with E-state index in [1.165, 1.54) is 23.3 Å². The fourth-order valence-electron chi connectivity index (χ4n) is 3.48. The number of aryl methyl sites for hydroxylation is 1. The van der Waals surface area contributed by atoms with E-state index in [4.69, 9.17) is 10.8 Å². The van der Waals surface area contributed by atoms with Crippen molar-refractivity contribution in [3.05, 3.63) is 88.6 Å². The number of aromatic amines is 1. The zero-order valence-electron chi connectivity index (χ0n) is 18.3. The molecule has 1 heterocycles. The van der Waals surface area contributed by atoms with Gasteiger partial charge in [-0.25, -0.2) is 9.78 Å². The van der Waals surface area contributed by atoms with E-state index in [0.29, 0.717) is 24.0 Å². The highest BCUT2D eigenvalue weighted by Crippen LogP contribution is 2.23. The van der Waals surface area contributed by atoms with Crippen molar-refractivity contribution in [2.45, 2.75) is 33.1 Å². The van der Waals surface area contributed by atoms with Gasteiger partial charge in [-0.1, -0.05) is 38.6 Å². The topological polar surface area (TPSA) is 133 Å². The van der Waals surface area contributed by atoms with Crippen LogP contribution >= 0.6 is 0 Å². The number of nitrogens with zero attached hydrogens (tertiary/aromatic N) is 1. The molecule has 2 aromatic carbocycles. The lowest BCUT2D eigenvalue weighted by Crippen LogP contribution is -2.16. The van der Waals surface area contributed by atoms with Gasteiger partial charge in [0.05, 0.1) is 5.56 Å². The van der Waals surface area contributed by atoms with Crippen LogP contribution in [0.2, 0.25) is 0 Å². The van der Waals surface area contributed by atoms with Gasteiger partial charge in [-0.05, 0) is 53.8 Å².